The molecule has 11 heteroatoms. The van der Waals surface area contributed by atoms with Crippen molar-refractivity contribution >= 4 is 28.5 Å². The van der Waals surface area contributed by atoms with E-state index in [0.29, 0.717) is 23.4 Å². The number of ether oxygens (including phenoxy) is 1. The van der Waals surface area contributed by atoms with Gasteiger partial charge in [-0.1, -0.05) is 91.0 Å². The Hall–Kier alpha value is -5.78. The number of quaternary nitrogens is 1. The van der Waals surface area contributed by atoms with E-state index in [-0.39, 0.29) is 39.7 Å². The number of benzene rings is 4. The van der Waals surface area contributed by atoms with E-state index in [1.165, 1.54) is 18.3 Å². The second kappa shape index (κ2) is 15.9. The number of hydrogen-bond donors (Lipinski definition) is 4. The topological polar surface area (TPSA) is 136 Å². The Labute approximate surface area is 320 Å². The van der Waals surface area contributed by atoms with Crippen LogP contribution in [0.5, 0.6) is 5.75 Å². The van der Waals surface area contributed by atoms with E-state index in [1.54, 1.807) is 12.3 Å². The number of nitrogens with one attached hydrogen (secondary N) is 2. The third-order valence-corrected chi connectivity index (χ3v) is 9.33. The quantitative estimate of drug-likeness (QED) is 0.0396. The molecule has 0 fully saturated rings. The van der Waals surface area contributed by atoms with Crippen LogP contribution in [0.4, 0.5) is 14.5 Å². The first-order valence-electron chi connectivity index (χ1n) is 18.4. The van der Waals surface area contributed by atoms with Crippen LogP contribution in [0.15, 0.2) is 122 Å². The highest BCUT2D eigenvalue weighted by molar-refractivity contribution is 6.13. The maximum atomic E-state index is 14.2. The fraction of sp³-hybridized carbons (Fsp3) is 0.273. The number of halogens is 2. The van der Waals surface area contributed by atoms with Crippen molar-refractivity contribution in [2.24, 2.45) is 5.73 Å². The number of rotatable bonds is 14. The Bertz CT molecular complexity index is 2170. The second-order valence-electron chi connectivity index (χ2n) is 15.4. The fourth-order valence-corrected chi connectivity index (χ4v) is 6.96. The van der Waals surface area contributed by atoms with Gasteiger partial charge in [0.25, 0.3) is 5.91 Å². The van der Waals surface area contributed by atoms with Crippen LogP contribution in [-0.4, -0.2) is 50.4 Å². The third-order valence-electron chi connectivity index (χ3n) is 9.33. The van der Waals surface area contributed by atoms with Gasteiger partial charge in [-0.3, -0.25) is 10.2 Å². The predicted molar refractivity (Wildman–Crippen MR) is 212 cm³/mol. The van der Waals surface area contributed by atoms with Crippen molar-refractivity contribution in [3.05, 3.63) is 155 Å². The fourth-order valence-electron chi connectivity index (χ4n) is 6.96. The Balaban J connectivity index is 1.58. The van der Waals surface area contributed by atoms with Crippen LogP contribution in [0.2, 0.25) is 0 Å². The van der Waals surface area contributed by atoms with Crippen molar-refractivity contribution in [2.45, 2.75) is 70.7 Å². The number of amides is 1. The van der Waals surface area contributed by atoms with E-state index in [0.717, 1.165) is 29.5 Å². The van der Waals surface area contributed by atoms with E-state index in [2.05, 4.69) is 41.7 Å². The summed E-state index contributed by atoms with van der Waals surface area (Å²) in [5, 5.41) is 14.5. The van der Waals surface area contributed by atoms with E-state index in [9.17, 15) is 19.0 Å². The Morgan fingerprint density at radius 2 is 1.44 bits per heavy atom. The van der Waals surface area contributed by atoms with Gasteiger partial charge in [-0.15, -0.1) is 0 Å². The summed E-state index contributed by atoms with van der Waals surface area (Å²) in [5.41, 5.74) is 9.13. The van der Waals surface area contributed by atoms with E-state index >= 15 is 0 Å². The van der Waals surface area contributed by atoms with Crippen LogP contribution in [0.1, 0.15) is 85.8 Å². The number of hydrogen-bond acceptors (Lipinski definition) is 6. The van der Waals surface area contributed by atoms with Gasteiger partial charge in [-0.25, -0.2) is 9.97 Å². The molecule has 0 aliphatic heterocycles. The summed E-state index contributed by atoms with van der Waals surface area (Å²) in [6, 6.07) is 34.7. The van der Waals surface area contributed by atoms with Crippen LogP contribution in [0, 0.1) is 5.41 Å². The molecule has 2 heterocycles. The summed E-state index contributed by atoms with van der Waals surface area (Å²) in [6.07, 6.45) is 4.86. The minimum absolute atomic E-state index is 0.0603. The number of carbonyl (C=O) groups is 1. The van der Waals surface area contributed by atoms with Crippen LogP contribution < -0.4 is 21.1 Å². The molecule has 0 saturated carbocycles. The average molecular weight is 745 g/mol. The van der Waals surface area contributed by atoms with Crippen molar-refractivity contribution in [3.63, 3.8) is 0 Å². The zero-order valence-corrected chi connectivity index (χ0v) is 31.8. The largest absolute Gasteiger partial charge is 0.435 e. The molecular formula is C44H48F2N7O2+. The molecule has 0 atom stereocenters. The molecule has 0 aliphatic rings. The number of aromatic nitrogens is 3. The molecule has 1 amide bonds. The first-order valence-corrected chi connectivity index (χ1v) is 18.4. The van der Waals surface area contributed by atoms with Crippen molar-refractivity contribution < 1.29 is 23.6 Å². The SMILES string of the molecule is CC(C)(N)CCC[NH2+]c1ccc(OC(F)F)cc1C(=N)c1cnc2c(n1)c(C(=O)NC(C)(C)C)cn2C(c1ccccc1)(c1ccccc1)c1ccccc1. The van der Waals surface area contributed by atoms with E-state index < -0.39 is 17.7 Å². The molecule has 0 unspecified atom stereocenters. The lowest BCUT2D eigenvalue weighted by molar-refractivity contribution is -0.572. The molecule has 6 rings (SSSR count). The molecular weight excluding hydrogens is 697 g/mol. The van der Waals surface area contributed by atoms with Crippen LogP contribution >= 0.6 is 0 Å². The van der Waals surface area contributed by atoms with Gasteiger partial charge in [-0.05, 0) is 76.3 Å². The lowest BCUT2D eigenvalue weighted by Crippen LogP contribution is -2.78. The Morgan fingerprint density at radius 3 is 1.95 bits per heavy atom. The van der Waals surface area contributed by atoms with Gasteiger partial charge in [0.1, 0.15) is 28.2 Å². The number of nitrogens with zero attached hydrogens (tertiary/aromatic N) is 3. The monoisotopic (exact) mass is 744 g/mol. The highest BCUT2D eigenvalue weighted by Gasteiger charge is 2.41. The standard InChI is InChI=1S/C44H47F2N7O2/c1-42(2,3)52-40(54)34-28-53(44(29-16-9-6-10-17-29,30-18-11-7-12-19-30)31-20-13-8-14-21-31)39-38(34)51-36(27-50-39)37(47)33-26-32(55-41(45)46)22-23-35(33)49-25-15-24-43(4,5)48/h6-14,16-23,26-28,41,47,49H,15,24-25,48H2,1-5H3,(H,52,54)/p+1. The molecule has 4 aromatic carbocycles. The zero-order chi connectivity index (χ0) is 39.4. The normalized spacial score (nSPS) is 12.2. The van der Waals surface area contributed by atoms with Gasteiger partial charge in [0, 0.05) is 23.3 Å². The van der Waals surface area contributed by atoms with Gasteiger partial charge < -0.3 is 25.7 Å². The van der Waals surface area contributed by atoms with Gasteiger partial charge in [0.2, 0.25) is 0 Å². The Morgan fingerprint density at radius 1 is 0.873 bits per heavy atom. The number of alkyl halides is 2. The van der Waals surface area contributed by atoms with Gasteiger partial charge in [0.05, 0.1) is 29.6 Å². The zero-order valence-electron chi connectivity index (χ0n) is 31.8. The number of carbonyl (C=O) groups excluding carboxylic acids is 1. The average Bonchev–Trinajstić information content (AvgIpc) is 3.53. The van der Waals surface area contributed by atoms with Gasteiger partial charge >= 0.3 is 6.61 Å². The number of nitrogens with two attached hydrogens (primary N) is 2. The molecule has 0 radical (unpaired) electrons. The highest BCUT2D eigenvalue weighted by Crippen LogP contribution is 2.43. The molecule has 9 nitrogen and oxygen atoms in total. The molecule has 2 aromatic heterocycles. The smallest absolute Gasteiger partial charge is 0.387 e. The summed E-state index contributed by atoms with van der Waals surface area (Å²) in [6.45, 7) is 7.25. The maximum Gasteiger partial charge on any atom is 0.387 e. The highest BCUT2D eigenvalue weighted by atomic mass is 19.3. The molecule has 6 aromatic rings. The molecule has 0 aliphatic carbocycles. The molecule has 55 heavy (non-hydrogen) atoms. The van der Waals surface area contributed by atoms with Gasteiger partial charge in [-0.2, -0.15) is 8.78 Å². The second-order valence-corrected chi connectivity index (χ2v) is 15.4. The maximum absolute atomic E-state index is 14.2. The molecule has 0 saturated heterocycles. The van der Waals surface area contributed by atoms with E-state index in [4.69, 9.17) is 20.4 Å². The summed E-state index contributed by atoms with van der Waals surface area (Å²) in [5.74, 6) is -0.444. The Kier molecular flexibility index (Phi) is 11.3. The van der Waals surface area contributed by atoms with E-state index in [1.807, 2.05) is 99.1 Å². The first kappa shape index (κ1) is 38.9. The van der Waals surface area contributed by atoms with Gasteiger partial charge in [0.15, 0.2) is 5.65 Å². The minimum atomic E-state index is -3.04. The summed E-state index contributed by atoms with van der Waals surface area (Å²) in [7, 11) is 0. The number of fused-ring (bicyclic) bond motifs is 1. The summed E-state index contributed by atoms with van der Waals surface area (Å²) >= 11 is 0. The molecule has 284 valence electrons. The molecule has 0 spiro atoms. The summed E-state index contributed by atoms with van der Waals surface area (Å²) in [4.78, 5) is 24.2. The van der Waals surface area contributed by atoms with Crippen LogP contribution in [0.25, 0.3) is 11.2 Å². The van der Waals surface area contributed by atoms with Crippen LogP contribution in [0.3, 0.4) is 0 Å². The van der Waals surface area contributed by atoms with Crippen LogP contribution in [-0.2, 0) is 5.54 Å². The predicted octanol–water partition coefficient (Wildman–Crippen LogP) is 7.53. The van der Waals surface area contributed by atoms with Crippen molar-refractivity contribution in [2.75, 3.05) is 6.54 Å². The lowest BCUT2D eigenvalue weighted by atomic mass is 9.76. The minimum Gasteiger partial charge on any atom is -0.435 e. The van der Waals surface area contributed by atoms with Crippen molar-refractivity contribution in [1.29, 1.82) is 5.41 Å². The lowest BCUT2D eigenvalue weighted by Gasteiger charge is -2.38. The van der Waals surface area contributed by atoms with Crippen molar-refractivity contribution in [1.82, 2.24) is 19.9 Å². The molecule has 0 bridgehead atoms. The summed E-state index contributed by atoms with van der Waals surface area (Å²) < 4.78 is 33.5. The first-order chi connectivity index (χ1) is 26.2. The molecule has 6 N–H and O–H groups in total. The van der Waals surface area contributed by atoms with Crippen molar-refractivity contribution in [3.8, 4) is 5.75 Å². The third kappa shape index (κ3) is 8.64.